The van der Waals surface area contributed by atoms with Gasteiger partial charge in [-0.2, -0.15) is 0 Å². The Morgan fingerprint density at radius 1 is 1.39 bits per heavy atom. The zero-order valence-electron chi connectivity index (χ0n) is 13.4. The van der Waals surface area contributed by atoms with Gasteiger partial charge in [-0.05, 0) is 51.3 Å². The third kappa shape index (κ3) is 3.95. The number of carbonyl (C=O) groups is 2. The van der Waals surface area contributed by atoms with E-state index in [-0.39, 0.29) is 0 Å². The van der Waals surface area contributed by atoms with E-state index in [1.54, 1.807) is 39.0 Å². The van der Waals surface area contributed by atoms with Crippen LogP contribution in [0.2, 0.25) is 5.02 Å². The van der Waals surface area contributed by atoms with Crippen molar-refractivity contribution in [1.82, 2.24) is 0 Å². The zero-order valence-corrected chi connectivity index (χ0v) is 14.1. The van der Waals surface area contributed by atoms with Gasteiger partial charge in [0.1, 0.15) is 11.6 Å². The number of nitrogens with two attached hydrogens (primary N) is 1. The predicted molar refractivity (Wildman–Crippen MR) is 87.8 cm³/mol. The van der Waals surface area contributed by atoms with Crippen LogP contribution in [0.15, 0.2) is 18.2 Å². The molecular formula is C16H21ClN2O4. The number of rotatable bonds is 4. The molecule has 0 bridgehead atoms. The second-order valence-corrected chi connectivity index (χ2v) is 7.23. The van der Waals surface area contributed by atoms with Crippen molar-refractivity contribution in [2.24, 2.45) is 5.73 Å². The molecule has 0 aliphatic heterocycles. The number of amides is 1. The van der Waals surface area contributed by atoms with E-state index in [4.69, 9.17) is 22.1 Å². The lowest BCUT2D eigenvalue weighted by molar-refractivity contribution is -0.139. The first-order valence-electron chi connectivity index (χ1n) is 7.33. The van der Waals surface area contributed by atoms with E-state index in [1.807, 2.05) is 0 Å². The highest BCUT2D eigenvalue weighted by Crippen LogP contribution is 2.53. The van der Waals surface area contributed by atoms with E-state index in [9.17, 15) is 14.7 Å². The number of anilines is 1. The molecule has 1 aromatic carbocycles. The number of ether oxygens (including phenoxy) is 1. The first-order chi connectivity index (χ1) is 10.5. The SMILES string of the molecule is CC(C)(C)OC(=O)Nc1cc(Cl)ccc1C1(C(N)C(=O)O)CC1. The second kappa shape index (κ2) is 6.02. The summed E-state index contributed by atoms with van der Waals surface area (Å²) in [5, 5.41) is 12.3. The first-order valence-corrected chi connectivity index (χ1v) is 7.71. The van der Waals surface area contributed by atoms with Gasteiger partial charge in [-0.25, -0.2) is 4.79 Å². The minimum absolute atomic E-state index is 0.430. The molecule has 0 radical (unpaired) electrons. The van der Waals surface area contributed by atoms with Crippen LogP contribution in [0.5, 0.6) is 0 Å². The topological polar surface area (TPSA) is 102 Å². The molecule has 4 N–H and O–H groups in total. The predicted octanol–water partition coefficient (Wildman–Crippen LogP) is 3.13. The normalized spacial score (nSPS) is 17.3. The molecule has 1 aliphatic rings. The Labute approximate surface area is 139 Å². The van der Waals surface area contributed by atoms with Crippen LogP contribution in [-0.2, 0) is 14.9 Å². The lowest BCUT2D eigenvalue weighted by atomic mass is 9.87. The molecule has 2 rings (SSSR count). The molecule has 6 nitrogen and oxygen atoms in total. The summed E-state index contributed by atoms with van der Waals surface area (Å²) in [5.41, 5.74) is 5.63. The average molecular weight is 341 g/mol. The van der Waals surface area contributed by atoms with Gasteiger partial charge in [0.05, 0.1) is 0 Å². The second-order valence-electron chi connectivity index (χ2n) is 6.79. The minimum Gasteiger partial charge on any atom is -0.480 e. The maximum atomic E-state index is 12.0. The van der Waals surface area contributed by atoms with E-state index in [0.29, 0.717) is 29.1 Å². The Morgan fingerprint density at radius 2 is 2.00 bits per heavy atom. The van der Waals surface area contributed by atoms with E-state index in [0.717, 1.165) is 0 Å². The molecule has 0 heterocycles. The molecular weight excluding hydrogens is 320 g/mol. The molecule has 1 aromatic rings. The van der Waals surface area contributed by atoms with Crippen LogP contribution in [0.4, 0.5) is 10.5 Å². The van der Waals surface area contributed by atoms with Crippen molar-refractivity contribution in [3.05, 3.63) is 28.8 Å². The van der Waals surface area contributed by atoms with E-state index in [1.165, 1.54) is 0 Å². The fourth-order valence-electron chi connectivity index (χ4n) is 2.59. The van der Waals surface area contributed by atoms with Crippen molar-refractivity contribution >= 4 is 29.4 Å². The Bertz CT molecular complexity index is 635. The van der Waals surface area contributed by atoms with Gasteiger partial charge in [-0.15, -0.1) is 0 Å². The summed E-state index contributed by atoms with van der Waals surface area (Å²) in [6.07, 6.45) is 0.664. The van der Waals surface area contributed by atoms with Crippen LogP contribution in [0, 0.1) is 0 Å². The summed E-state index contributed by atoms with van der Waals surface area (Å²) < 4.78 is 5.24. The average Bonchev–Trinajstić information content (AvgIpc) is 3.16. The Hall–Kier alpha value is -1.79. The van der Waals surface area contributed by atoms with Gasteiger partial charge in [-0.3, -0.25) is 10.1 Å². The van der Waals surface area contributed by atoms with Gasteiger partial charge in [-0.1, -0.05) is 17.7 Å². The minimum atomic E-state index is -1.07. The molecule has 126 valence electrons. The van der Waals surface area contributed by atoms with Crippen LogP contribution in [0.25, 0.3) is 0 Å². The highest BCUT2D eigenvalue weighted by Gasteiger charge is 2.53. The van der Waals surface area contributed by atoms with Gasteiger partial charge < -0.3 is 15.6 Å². The van der Waals surface area contributed by atoms with Crippen molar-refractivity contribution in [3.8, 4) is 0 Å². The standard InChI is InChI=1S/C16H21ClN2O4/c1-15(2,3)23-14(22)19-11-8-9(17)4-5-10(11)16(6-7-16)12(18)13(20)21/h4-5,8,12H,6-7,18H2,1-3H3,(H,19,22)(H,20,21). The number of nitrogens with one attached hydrogen (secondary N) is 1. The Balaban J connectivity index is 2.32. The number of hydrogen-bond donors (Lipinski definition) is 3. The summed E-state index contributed by atoms with van der Waals surface area (Å²) in [7, 11) is 0. The number of aliphatic carboxylic acids is 1. The van der Waals surface area contributed by atoms with Crippen molar-refractivity contribution in [3.63, 3.8) is 0 Å². The van der Waals surface area contributed by atoms with E-state index in [2.05, 4.69) is 5.32 Å². The zero-order chi connectivity index (χ0) is 17.4. The van der Waals surface area contributed by atoms with Gasteiger partial charge in [0.25, 0.3) is 0 Å². The van der Waals surface area contributed by atoms with Crippen LogP contribution in [0.3, 0.4) is 0 Å². The number of halogens is 1. The van der Waals surface area contributed by atoms with Gasteiger partial charge in [0.2, 0.25) is 0 Å². The fourth-order valence-corrected chi connectivity index (χ4v) is 2.76. The van der Waals surface area contributed by atoms with Crippen LogP contribution >= 0.6 is 11.6 Å². The molecule has 1 atom stereocenters. The summed E-state index contributed by atoms with van der Waals surface area (Å²) >= 11 is 6.01. The molecule has 23 heavy (non-hydrogen) atoms. The first kappa shape index (κ1) is 17.6. The van der Waals surface area contributed by atoms with E-state index >= 15 is 0 Å². The third-order valence-electron chi connectivity index (χ3n) is 3.80. The lowest BCUT2D eigenvalue weighted by Gasteiger charge is -2.25. The number of hydrogen-bond acceptors (Lipinski definition) is 4. The number of carboxylic acids is 1. The van der Waals surface area contributed by atoms with Gasteiger partial charge in [0.15, 0.2) is 0 Å². The van der Waals surface area contributed by atoms with Gasteiger partial charge in [0, 0.05) is 16.1 Å². The molecule has 1 saturated carbocycles. The molecule has 1 amide bonds. The monoisotopic (exact) mass is 340 g/mol. The van der Waals surface area contributed by atoms with Crippen molar-refractivity contribution in [1.29, 1.82) is 0 Å². The highest BCUT2D eigenvalue weighted by atomic mass is 35.5. The van der Waals surface area contributed by atoms with Crippen molar-refractivity contribution in [2.45, 2.75) is 50.7 Å². The number of benzene rings is 1. The van der Waals surface area contributed by atoms with E-state index < -0.39 is 29.1 Å². The summed E-state index contributed by atoms with van der Waals surface area (Å²) in [6, 6.07) is 3.91. The molecule has 0 saturated heterocycles. The molecule has 1 fully saturated rings. The molecule has 0 spiro atoms. The maximum absolute atomic E-state index is 12.0. The largest absolute Gasteiger partial charge is 0.480 e. The van der Waals surface area contributed by atoms with Gasteiger partial charge >= 0.3 is 12.1 Å². The number of carbonyl (C=O) groups excluding carboxylic acids is 1. The fraction of sp³-hybridized carbons (Fsp3) is 0.500. The summed E-state index contributed by atoms with van der Waals surface area (Å²) in [6.45, 7) is 5.27. The number of carboxylic acid groups (broad SMARTS) is 1. The third-order valence-corrected chi connectivity index (χ3v) is 4.04. The highest BCUT2D eigenvalue weighted by molar-refractivity contribution is 6.31. The smallest absolute Gasteiger partial charge is 0.412 e. The molecule has 7 heteroatoms. The Kier molecular flexibility index (Phi) is 4.59. The molecule has 0 aromatic heterocycles. The summed E-state index contributed by atoms with van der Waals surface area (Å²) in [5.74, 6) is -1.07. The molecule has 1 aliphatic carbocycles. The summed E-state index contributed by atoms with van der Waals surface area (Å²) in [4.78, 5) is 23.3. The van der Waals surface area contributed by atoms with Crippen molar-refractivity contribution in [2.75, 3.05) is 5.32 Å². The molecule has 1 unspecified atom stereocenters. The van der Waals surface area contributed by atoms with Crippen LogP contribution in [0.1, 0.15) is 39.2 Å². The van der Waals surface area contributed by atoms with Crippen LogP contribution < -0.4 is 11.1 Å². The quantitative estimate of drug-likeness (QED) is 0.781. The maximum Gasteiger partial charge on any atom is 0.412 e. The Morgan fingerprint density at radius 3 is 2.48 bits per heavy atom. The lowest BCUT2D eigenvalue weighted by Crippen LogP contribution is -2.42. The van der Waals surface area contributed by atoms with Crippen LogP contribution in [-0.4, -0.2) is 28.8 Å². The van der Waals surface area contributed by atoms with Crippen molar-refractivity contribution < 1.29 is 19.4 Å².